The molecule has 0 heterocycles. The minimum atomic E-state index is 0.503. The molecule has 3 nitrogen and oxygen atoms in total. The van der Waals surface area contributed by atoms with Gasteiger partial charge in [-0.1, -0.05) is 15.9 Å². The molecular formula is C3H6BrN2O. The number of nitrogens with zero attached hydrogens (tertiary/aromatic N) is 1. The van der Waals surface area contributed by atoms with Crippen molar-refractivity contribution in [1.29, 1.82) is 0 Å². The van der Waals surface area contributed by atoms with Crippen LogP contribution in [0.5, 0.6) is 0 Å². The van der Waals surface area contributed by atoms with Gasteiger partial charge in [-0.3, -0.25) is 9.80 Å². The fourth-order valence-electron chi connectivity index (χ4n) is 0.137. The molecule has 0 bridgehead atoms. The highest BCUT2D eigenvalue weighted by Crippen LogP contribution is 1.77. The van der Waals surface area contributed by atoms with E-state index in [1.165, 1.54) is 6.41 Å². The zero-order valence-electron chi connectivity index (χ0n) is 3.72. The van der Waals surface area contributed by atoms with E-state index in [1.807, 2.05) is 0 Å². The number of hydrogen-bond acceptors (Lipinski definition) is 2. The minimum absolute atomic E-state index is 0.503. The number of hydrazine groups is 1. The van der Waals surface area contributed by atoms with Gasteiger partial charge in [-0.05, 0) is 0 Å². The molecule has 0 spiro atoms. The molecule has 0 aromatic heterocycles. The Morgan fingerprint density at radius 3 is 2.57 bits per heavy atom. The smallest absolute Gasteiger partial charge is 0.271 e. The number of hydrogen-bond donors (Lipinski definition) is 1. The van der Waals surface area contributed by atoms with Gasteiger partial charge in [0.05, 0.1) is 0 Å². The maximum absolute atomic E-state index is 9.55. The number of rotatable bonds is 3. The average molecular weight is 166 g/mol. The minimum Gasteiger partial charge on any atom is -0.271 e. The van der Waals surface area contributed by atoms with Crippen LogP contribution in [0, 0.1) is 0 Å². The van der Waals surface area contributed by atoms with E-state index in [0.29, 0.717) is 11.9 Å². The van der Waals surface area contributed by atoms with E-state index >= 15 is 0 Å². The zero-order chi connectivity index (χ0) is 5.70. The van der Waals surface area contributed by atoms with Gasteiger partial charge in [0.2, 0.25) is 0 Å². The monoisotopic (exact) mass is 165 g/mol. The Bertz CT molecular complexity index is 58.9. The second-order valence-corrected chi connectivity index (χ2v) is 1.77. The number of amides is 1. The molecule has 4 heteroatoms. The highest BCUT2D eigenvalue weighted by atomic mass is 79.9. The lowest BCUT2D eigenvalue weighted by Gasteiger charge is -2.02. The van der Waals surface area contributed by atoms with E-state index < -0.39 is 0 Å². The summed E-state index contributed by atoms with van der Waals surface area (Å²) in [5.74, 6) is 4.96. The average Bonchev–Trinajstić information content (AvgIpc) is 1.68. The predicted molar refractivity (Wildman–Crippen MR) is 30.4 cm³/mol. The van der Waals surface area contributed by atoms with E-state index in [0.717, 1.165) is 5.01 Å². The normalized spacial score (nSPS) is 8.29. The molecule has 0 rings (SSSR count). The Hall–Kier alpha value is -0.0900. The van der Waals surface area contributed by atoms with Gasteiger partial charge in [0, 0.05) is 11.9 Å². The third-order valence-electron chi connectivity index (χ3n) is 0.443. The molecule has 0 aliphatic carbocycles. The summed E-state index contributed by atoms with van der Waals surface area (Å²) in [5.41, 5.74) is 0. The van der Waals surface area contributed by atoms with Gasteiger partial charge in [-0.15, -0.1) is 0 Å². The molecule has 1 amide bonds. The molecule has 1 radical (unpaired) electrons. The highest BCUT2D eigenvalue weighted by molar-refractivity contribution is 9.09. The van der Waals surface area contributed by atoms with E-state index in [2.05, 4.69) is 15.9 Å². The molecule has 0 aliphatic heterocycles. The van der Waals surface area contributed by atoms with E-state index in [-0.39, 0.29) is 0 Å². The van der Waals surface area contributed by atoms with Crippen LogP contribution in [0.3, 0.4) is 0 Å². The van der Waals surface area contributed by atoms with Crippen molar-refractivity contribution in [2.45, 2.75) is 0 Å². The van der Waals surface area contributed by atoms with E-state index in [4.69, 9.17) is 5.84 Å². The van der Waals surface area contributed by atoms with Crippen LogP contribution < -0.4 is 5.84 Å². The Labute approximate surface area is 50.6 Å². The molecule has 0 saturated carbocycles. The first-order valence-electron chi connectivity index (χ1n) is 1.77. The van der Waals surface area contributed by atoms with Crippen molar-refractivity contribution in [2.75, 3.05) is 11.9 Å². The summed E-state index contributed by atoms with van der Waals surface area (Å²) >= 11 is 3.09. The summed E-state index contributed by atoms with van der Waals surface area (Å²) in [5, 5.41) is 1.65. The van der Waals surface area contributed by atoms with Gasteiger partial charge in [-0.2, -0.15) is 0 Å². The molecular weight excluding hydrogens is 160 g/mol. The SMILES string of the molecule is NN([C]=O)CCBr. The molecule has 0 atom stereocenters. The van der Waals surface area contributed by atoms with Gasteiger partial charge < -0.3 is 0 Å². The summed E-state index contributed by atoms with van der Waals surface area (Å²) in [7, 11) is 0. The van der Waals surface area contributed by atoms with Crippen LogP contribution in [0.2, 0.25) is 0 Å². The number of halogens is 1. The third-order valence-corrected chi connectivity index (χ3v) is 0.797. The summed E-state index contributed by atoms with van der Waals surface area (Å²) in [6.45, 7) is 0.503. The third kappa shape index (κ3) is 3.75. The van der Waals surface area contributed by atoms with Crippen LogP contribution >= 0.6 is 15.9 Å². The lowest BCUT2D eigenvalue weighted by atomic mass is 10.7. The van der Waals surface area contributed by atoms with Crippen molar-refractivity contribution < 1.29 is 4.79 Å². The van der Waals surface area contributed by atoms with Crippen molar-refractivity contribution in [3.63, 3.8) is 0 Å². The molecule has 0 aromatic carbocycles. The topological polar surface area (TPSA) is 46.3 Å². The van der Waals surface area contributed by atoms with Gasteiger partial charge in [0.25, 0.3) is 0 Å². The Morgan fingerprint density at radius 1 is 1.86 bits per heavy atom. The lowest BCUT2D eigenvalue weighted by Crippen LogP contribution is -2.30. The summed E-state index contributed by atoms with van der Waals surface area (Å²) in [6.07, 6.45) is 1.50. The van der Waals surface area contributed by atoms with Crippen molar-refractivity contribution in [1.82, 2.24) is 5.01 Å². The summed E-state index contributed by atoms with van der Waals surface area (Å²) < 4.78 is 0. The largest absolute Gasteiger partial charge is 0.327 e. The van der Waals surface area contributed by atoms with Crippen molar-refractivity contribution in [2.24, 2.45) is 5.84 Å². The fraction of sp³-hybridized carbons (Fsp3) is 0.667. The first kappa shape index (κ1) is 6.91. The molecule has 2 N–H and O–H groups in total. The number of carbonyl (C=O) groups excluding carboxylic acids is 1. The standard InChI is InChI=1S/C3H6BrN2O/c4-1-2-6(5)3-7/h1-2,5H2. The van der Waals surface area contributed by atoms with E-state index in [9.17, 15) is 4.79 Å². The van der Waals surface area contributed by atoms with Crippen LogP contribution in [0.4, 0.5) is 0 Å². The first-order chi connectivity index (χ1) is 3.31. The van der Waals surface area contributed by atoms with Crippen LogP contribution in [0.25, 0.3) is 0 Å². The van der Waals surface area contributed by atoms with Crippen molar-refractivity contribution in [3.8, 4) is 0 Å². The molecule has 0 fully saturated rings. The quantitative estimate of drug-likeness (QED) is 0.204. The van der Waals surface area contributed by atoms with Crippen molar-refractivity contribution in [3.05, 3.63) is 0 Å². The predicted octanol–water partition coefficient (Wildman–Crippen LogP) is -0.376. The first-order valence-corrected chi connectivity index (χ1v) is 2.89. The maximum atomic E-state index is 9.55. The van der Waals surface area contributed by atoms with E-state index in [1.54, 1.807) is 0 Å². The lowest BCUT2D eigenvalue weighted by molar-refractivity contribution is 0.412. The maximum Gasteiger partial charge on any atom is 0.327 e. The Morgan fingerprint density at radius 2 is 2.43 bits per heavy atom. The molecule has 0 aromatic rings. The van der Waals surface area contributed by atoms with Crippen molar-refractivity contribution >= 4 is 22.3 Å². The summed E-state index contributed by atoms with van der Waals surface area (Å²) in [6, 6.07) is 0. The van der Waals surface area contributed by atoms with Gasteiger partial charge >= 0.3 is 6.41 Å². The Balaban J connectivity index is 2.98. The second kappa shape index (κ2) is 4.08. The van der Waals surface area contributed by atoms with Crippen LogP contribution in [0.15, 0.2) is 0 Å². The summed E-state index contributed by atoms with van der Waals surface area (Å²) in [4.78, 5) is 9.55. The number of alkyl halides is 1. The fourth-order valence-corrected chi connectivity index (χ4v) is 0.519. The van der Waals surface area contributed by atoms with Crippen LogP contribution in [-0.4, -0.2) is 23.3 Å². The van der Waals surface area contributed by atoms with Crippen LogP contribution in [-0.2, 0) is 4.79 Å². The zero-order valence-corrected chi connectivity index (χ0v) is 5.31. The van der Waals surface area contributed by atoms with Gasteiger partial charge in [0.1, 0.15) is 0 Å². The Kier molecular flexibility index (Phi) is 4.03. The molecule has 41 valence electrons. The van der Waals surface area contributed by atoms with Gasteiger partial charge in [-0.25, -0.2) is 5.84 Å². The molecule has 0 unspecified atom stereocenters. The molecule has 0 saturated heterocycles. The van der Waals surface area contributed by atoms with Crippen LogP contribution in [0.1, 0.15) is 0 Å². The highest BCUT2D eigenvalue weighted by Gasteiger charge is 1.88. The van der Waals surface area contributed by atoms with Gasteiger partial charge in [0.15, 0.2) is 0 Å². The molecule has 0 aliphatic rings. The number of nitrogens with two attached hydrogens (primary N) is 1. The molecule has 7 heavy (non-hydrogen) atoms. The second-order valence-electron chi connectivity index (χ2n) is 0.974.